The van der Waals surface area contributed by atoms with Crippen molar-refractivity contribution in [2.24, 2.45) is 0 Å². The number of ether oxygens (including phenoxy) is 1. The van der Waals surface area contributed by atoms with E-state index in [1.54, 1.807) is 25.1 Å². The molecule has 3 aromatic rings. The Morgan fingerprint density at radius 2 is 1.66 bits per heavy atom. The van der Waals surface area contributed by atoms with Crippen LogP contribution in [0.3, 0.4) is 0 Å². The number of aryl methyl sites for hydroxylation is 2. The van der Waals surface area contributed by atoms with Gasteiger partial charge in [0.2, 0.25) is 0 Å². The molecule has 2 aromatic carbocycles. The highest BCUT2D eigenvalue weighted by molar-refractivity contribution is 6.03. The average Bonchev–Trinajstić information content (AvgIpc) is 2.69. The van der Waals surface area contributed by atoms with Gasteiger partial charge >= 0.3 is 0 Å². The van der Waals surface area contributed by atoms with Gasteiger partial charge in [-0.05, 0) is 69.2 Å². The molecule has 0 bridgehead atoms. The Kier molecular flexibility index (Phi) is 6.44. The fourth-order valence-electron chi connectivity index (χ4n) is 2.80. The first kappa shape index (κ1) is 20.3. The van der Waals surface area contributed by atoms with E-state index >= 15 is 0 Å². The monoisotopic (exact) mass is 390 g/mol. The van der Waals surface area contributed by atoms with Crippen LogP contribution in [0.25, 0.3) is 0 Å². The normalized spacial score (nSPS) is 10.7. The summed E-state index contributed by atoms with van der Waals surface area (Å²) in [6.45, 7) is 7.82. The molecular formula is C23H26N4O2. The smallest absolute Gasteiger partial charge is 0.274 e. The summed E-state index contributed by atoms with van der Waals surface area (Å²) >= 11 is 0. The van der Waals surface area contributed by atoms with Crippen molar-refractivity contribution < 1.29 is 9.53 Å². The van der Waals surface area contributed by atoms with E-state index in [9.17, 15) is 4.79 Å². The maximum atomic E-state index is 12.7. The highest BCUT2D eigenvalue weighted by Crippen LogP contribution is 2.19. The van der Waals surface area contributed by atoms with Crippen LogP contribution in [0.15, 0.2) is 54.6 Å². The molecule has 2 N–H and O–H groups in total. The third-order valence-electron chi connectivity index (χ3n) is 4.19. The number of benzene rings is 2. The second-order valence-corrected chi connectivity index (χ2v) is 7.01. The van der Waals surface area contributed by atoms with Crippen molar-refractivity contribution >= 4 is 23.1 Å². The predicted octanol–water partition coefficient (Wildman–Crippen LogP) is 5.13. The number of carbonyl (C=O) groups is 1. The van der Waals surface area contributed by atoms with E-state index in [2.05, 4.69) is 39.7 Å². The summed E-state index contributed by atoms with van der Waals surface area (Å²) in [5.41, 5.74) is 3.14. The molecule has 0 atom stereocenters. The van der Waals surface area contributed by atoms with E-state index in [1.165, 1.54) is 5.56 Å². The van der Waals surface area contributed by atoms with Crippen LogP contribution in [0.2, 0.25) is 0 Å². The number of anilines is 3. The first-order valence-electron chi connectivity index (χ1n) is 9.72. The Morgan fingerprint density at radius 3 is 2.28 bits per heavy atom. The summed E-state index contributed by atoms with van der Waals surface area (Å²) in [4.78, 5) is 21.3. The molecule has 0 saturated heterocycles. The highest BCUT2D eigenvalue weighted by Gasteiger charge is 2.11. The Morgan fingerprint density at radius 1 is 1.00 bits per heavy atom. The molecule has 1 heterocycles. The Bertz CT molecular complexity index is 967. The van der Waals surface area contributed by atoms with Crippen LogP contribution in [0.4, 0.5) is 17.2 Å². The predicted molar refractivity (Wildman–Crippen MR) is 116 cm³/mol. The second-order valence-electron chi connectivity index (χ2n) is 7.01. The van der Waals surface area contributed by atoms with Crippen LogP contribution in [-0.4, -0.2) is 22.0 Å². The summed E-state index contributed by atoms with van der Waals surface area (Å²) in [5, 5.41) is 6.09. The van der Waals surface area contributed by atoms with Crippen LogP contribution >= 0.6 is 0 Å². The van der Waals surface area contributed by atoms with E-state index in [4.69, 9.17) is 4.74 Å². The maximum Gasteiger partial charge on any atom is 0.274 e. The summed E-state index contributed by atoms with van der Waals surface area (Å²) in [5.74, 6) is 1.56. The third-order valence-corrected chi connectivity index (χ3v) is 4.19. The zero-order valence-corrected chi connectivity index (χ0v) is 17.2. The molecule has 6 heteroatoms. The van der Waals surface area contributed by atoms with Crippen molar-refractivity contribution in [2.75, 3.05) is 10.6 Å². The van der Waals surface area contributed by atoms with Crippen molar-refractivity contribution in [3.8, 4) is 5.75 Å². The third kappa shape index (κ3) is 5.78. The molecular weight excluding hydrogens is 364 g/mol. The number of aromatic nitrogens is 2. The van der Waals surface area contributed by atoms with Crippen LogP contribution in [0.1, 0.15) is 42.6 Å². The molecule has 0 spiro atoms. The van der Waals surface area contributed by atoms with Crippen LogP contribution in [0.5, 0.6) is 5.75 Å². The van der Waals surface area contributed by atoms with Crippen molar-refractivity contribution in [1.29, 1.82) is 0 Å². The number of nitrogens with zero attached hydrogens (tertiary/aromatic N) is 2. The van der Waals surface area contributed by atoms with Gasteiger partial charge in [0.25, 0.3) is 5.91 Å². The Balaban J connectivity index is 1.71. The molecule has 0 fully saturated rings. The lowest BCUT2D eigenvalue weighted by atomic mass is 10.1. The minimum atomic E-state index is -0.294. The fourth-order valence-corrected chi connectivity index (χ4v) is 2.80. The van der Waals surface area contributed by atoms with Crippen LogP contribution in [0, 0.1) is 6.92 Å². The average molecular weight is 390 g/mol. The van der Waals surface area contributed by atoms with Gasteiger partial charge in [-0.25, -0.2) is 9.97 Å². The maximum absolute atomic E-state index is 12.7. The second kappa shape index (κ2) is 9.19. The zero-order chi connectivity index (χ0) is 20.8. The number of hydrogen-bond acceptors (Lipinski definition) is 5. The molecule has 0 unspecified atom stereocenters. The zero-order valence-electron chi connectivity index (χ0n) is 17.2. The van der Waals surface area contributed by atoms with Crippen molar-refractivity contribution in [3.05, 3.63) is 71.7 Å². The van der Waals surface area contributed by atoms with E-state index < -0.39 is 0 Å². The van der Waals surface area contributed by atoms with E-state index in [0.29, 0.717) is 23.0 Å². The molecule has 0 saturated carbocycles. The van der Waals surface area contributed by atoms with Crippen molar-refractivity contribution in [1.82, 2.24) is 9.97 Å². The lowest BCUT2D eigenvalue weighted by molar-refractivity contribution is 0.102. The van der Waals surface area contributed by atoms with Gasteiger partial charge in [0.15, 0.2) is 0 Å². The fraction of sp³-hybridized carbons (Fsp3) is 0.261. The molecule has 0 aliphatic heterocycles. The molecule has 1 aromatic heterocycles. The van der Waals surface area contributed by atoms with Gasteiger partial charge in [0, 0.05) is 17.4 Å². The number of carbonyl (C=O) groups excluding carboxylic acids is 1. The molecule has 0 aliphatic rings. The quantitative estimate of drug-likeness (QED) is 0.585. The van der Waals surface area contributed by atoms with Crippen molar-refractivity contribution in [3.63, 3.8) is 0 Å². The van der Waals surface area contributed by atoms with Crippen LogP contribution < -0.4 is 15.4 Å². The number of nitrogens with one attached hydrogen (secondary N) is 2. The van der Waals surface area contributed by atoms with Gasteiger partial charge in [-0.1, -0.05) is 19.1 Å². The SMILES string of the molecule is CCc1ccc(Nc2cc(C(=O)Nc3ccc(OC(C)C)cc3)nc(C)n2)cc1. The van der Waals surface area contributed by atoms with Gasteiger partial charge in [0.1, 0.15) is 23.1 Å². The van der Waals surface area contributed by atoms with Crippen molar-refractivity contribution in [2.45, 2.75) is 40.2 Å². The van der Waals surface area contributed by atoms with E-state index in [1.807, 2.05) is 38.1 Å². The largest absolute Gasteiger partial charge is 0.491 e. The Labute approximate surface area is 171 Å². The Hall–Kier alpha value is -3.41. The molecule has 0 aliphatic carbocycles. The summed E-state index contributed by atoms with van der Waals surface area (Å²) in [7, 11) is 0. The molecule has 3 rings (SSSR count). The first-order chi connectivity index (χ1) is 13.9. The minimum absolute atomic E-state index is 0.100. The summed E-state index contributed by atoms with van der Waals surface area (Å²) in [6.07, 6.45) is 1.09. The number of hydrogen-bond donors (Lipinski definition) is 2. The van der Waals surface area contributed by atoms with Crippen LogP contribution in [-0.2, 0) is 6.42 Å². The molecule has 6 nitrogen and oxygen atoms in total. The standard InChI is InChI=1S/C23H26N4O2/c1-5-17-6-8-18(9-7-17)26-22-14-21(24-16(4)25-22)23(28)27-19-10-12-20(13-11-19)29-15(2)3/h6-15H,5H2,1-4H3,(H,27,28)(H,24,25,26). The van der Waals surface area contributed by atoms with E-state index in [-0.39, 0.29) is 12.0 Å². The molecule has 29 heavy (non-hydrogen) atoms. The number of rotatable bonds is 7. The first-order valence-corrected chi connectivity index (χ1v) is 9.72. The molecule has 0 radical (unpaired) electrons. The number of amides is 1. The lowest BCUT2D eigenvalue weighted by Crippen LogP contribution is -2.15. The van der Waals surface area contributed by atoms with E-state index in [0.717, 1.165) is 17.9 Å². The lowest BCUT2D eigenvalue weighted by Gasteiger charge is -2.11. The van der Waals surface area contributed by atoms with Gasteiger partial charge in [-0.3, -0.25) is 4.79 Å². The van der Waals surface area contributed by atoms with Gasteiger partial charge in [0.05, 0.1) is 6.10 Å². The van der Waals surface area contributed by atoms with Gasteiger partial charge < -0.3 is 15.4 Å². The molecule has 1 amide bonds. The summed E-state index contributed by atoms with van der Waals surface area (Å²) < 4.78 is 5.62. The molecule has 150 valence electrons. The summed E-state index contributed by atoms with van der Waals surface area (Å²) in [6, 6.07) is 17.0. The van der Waals surface area contributed by atoms with Gasteiger partial charge in [-0.15, -0.1) is 0 Å². The topological polar surface area (TPSA) is 76.1 Å². The van der Waals surface area contributed by atoms with Gasteiger partial charge in [-0.2, -0.15) is 0 Å². The minimum Gasteiger partial charge on any atom is -0.491 e. The highest BCUT2D eigenvalue weighted by atomic mass is 16.5.